The molecule has 1 aromatic rings. The van der Waals surface area contributed by atoms with Crippen molar-refractivity contribution in [2.24, 2.45) is 0 Å². The van der Waals surface area contributed by atoms with Crippen molar-refractivity contribution < 1.29 is 18.4 Å². The van der Waals surface area contributed by atoms with Crippen molar-refractivity contribution in [3.8, 4) is 0 Å². The Morgan fingerprint density at radius 3 is 2.60 bits per heavy atom. The molecule has 0 aromatic heterocycles. The van der Waals surface area contributed by atoms with Crippen molar-refractivity contribution in [2.75, 3.05) is 19.7 Å². The lowest BCUT2D eigenvalue weighted by Crippen LogP contribution is -2.33. The first-order chi connectivity index (χ1) is 9.34. The number of hydrogen-bond acceptors (Lipinski definition) is 5. The van der Waals surface area contributed by atoms with Crippen LogP contribution in [0, 0.1) is 10.1 Å². The number of non-ortho nitro benzene ring substituents is 1. The Morgan fingerprint density at radius 2 is 2.15 bits per heavy atom. The van der Waals surface area contributed by atoms with Gasteiger partial charge in [-0.2, -0.15) is 4.31 Å². The molecule has 0 bridgehead atoms. The van der Waals surface area contributed by atoms with Gasteiger partial charge in [-0.05, 0) is 6.07 Å². The molecule has 0 saturated heterocycles. The molecule has 0 saturated carbocycles. The van der Waals surface area contributed by atoms with E-state index in [0.717, 1.165) is 22.5 Å². The molecule has 1 rings (SSSR count). The van der Waals surface area contributed by atoms with Gasteiger partial charge >= 0.3 is 0 Å². The number of nitro groups is 1. The summed E-state index contributed by atoms with van der Waals surface area (Å²) in [6, 6.07) is 3.10. The van der Waals surface area contributed by atoms with Crippen molar-refractivity contribution >= 4 is 27.3 Å². The van der Waals surface area contributed by atoms with Crippen molar-refractivity contribution in [1.82, 2.24) is 4.31 Å². The molecule has 1 N–H and O–H groups in total. The predicted molar refractivity (Wildman–Crippen MR) is 74.1 cm³/mol. The summed E-state index contributed by atoms with van der Waals surface area (Å²) < 4.78 is 25.6. The fourth-order valence-corrected chi connectivity index (χ4v) is 3.43. The quantitative estimate of drug-likeness (QED) is 0.465. The van der Waals surface area contributed by atoms with E-state index in [1.165, 1.54) is 6.08 Å². The van der Waals surface area contributed by atoms with E-state index < -0.39 is 14.9 Å². The highest BCUT2D eigenvalue weighted by Gasteiger charge is 2.26. The van der Waals surface area contributed by atoms with Gasteiger partial charge in [0, 0.05) is 25.2 Å². The smallest absolute Gasteiger partial charge is 0.271 e. The zero-order valence-electron chi connectivity index (χ0n) is 10.4. The first-order valence-electron chi connectivity index (χ1n) is 5.50. The number of nitro benzene ring substituents is 1. The van der Waals surface area contributed by atoms with Gasteiger partial charge in [0.25, 0.3) is 5.69 Å². The fraction of sp³-hybridized carbons (Fsp3) is 0.273. The second-order valence-corrected chi connectivity index (χ2v) is 6.06. The first kappa shape index (κ1) is 16.6. The van der Waals surface area contributed by atoms with Crippen molar-refractivity contribution in [3.63, 3.8) is 0 Å². The molecule has 0 atom stereocenters. The third kappa shape index (κ3) is 3.54. The number of halogens is 1. The maximum Gasteiger partial charge on any atom is 0.271 e. The van der Waals surface area contributed by atoms with E-state index in [2.05, 4.69) is 6.58 Å². The van der Waals surface area contributed by atoms with E-state index in [1.54, 1.807) is 0 Å². The van der Waals surface area contributed by atoms with E-state index in [-0.39, 0.29) is 35.3 Å². The molecule has 0 fully saturated rings. The molecule has 0 unspecified atom stereocenters. The number of benzene rings is 1. The zero-order valence-corrected chi connectivity index (χ0v) is 12.0. The van der Waals surface area contributed by atoms with Gasteiger partial charge in [0.1, 0.15) is 4.90 Å². The molecule has 0 radical (unpaired) electrons. The SMILES string of the molecule is C=CCN(CCO)S(=O)(=O)c1ccc([N+](=O)[O-])cc1Cl. The summed E-state index contributed by atoms with van der Waals surface area (Å²) in [5.74, 6) is 0. The van der Waals surface area contributed by atoms with E-state index in [1.807, 2.05) is 0 Å². The highest BCUT2D eigenvalue weighted by molar-refractivity contribution is 7.89. The topological polar surface area (TPSA) is 101 Å². The average Bonchev–Trinajstić information content (AvgIpc) is 2.37. The summed E-state index contributed by atoms with van der Waals surface area (Å²) in [7, 11) is -3.95. The van der Waals surface area contributed by atoms with Gasteiger partial charge in [0.2, 0.25) is 10.0 Å². The fourth-order valence-electron chi connectivity index (χ4n) is 1.52. The minimum Gasteiger partial charge on any atom is -0.395 e. The summed E-state index contributed by atoms with van der Waals surface area (Å²) in [6.07, 6.45) is 1.37. The van der Waals surface area contributed by atoms with Crippen LogP contribution in [-0.4, -0.2) is 42.4 Å². The molecule has 0 aliphatic heterocycles. The van der Waals surface area contributed by atoms with Crippen LogP contribution in [0.5, 0.6) is 0 Å². The molecular weight excluding hydrogens is 308 g/mol. The van der Waals surface area contributed by atoms with Crippen LogP contribution in [0.15, 0.2) is 35.7 Å². The minimum absolute atomic E-state index is 0.00376. The Bertz CT molecular complexity index is 617. The lowest BCUT2D eigenvalue weighted by atomic mass is 10.3. The normalized spacial score (nSPS) is 11.6. The Morgan fingerprint density at radius 1 is 1.50 bits per heavy atom. The largest absolute Gasteiger partial charge is 0.395 e. The van der Waals surface area contributed by atoms with E-state index in [4.69, 9.17) is 16.7 Å². The molecule has 0 spiro atoms. The molecule has 1 aromatic carbocycles. The maximum absolute atomic E-state index is 12.3. The standard InChI is InChI=1S/C11H13ClN2O5S/c1-2-5-13(6-7-15)20(18,19)11-4-3-9(14(16)17)8-10(11)12/h2-4,8,15H,1,5-7H2. The second kappa shape index (κ2) is 6.80. The van der Waals surface area contributed by atoms with Gasteiger partial charge in [-0.1, -0.05) is 17.7 Å². The average molecular weight is 321 g/mol. The van der Waals surface area contributed by atoms with Crippen LogP contribution in [0.3, 0.4) is 0 Å². The summed E-state index contributed by atoms with van der Waals surface area (Å²) in [5.41, 5.74) is -0.300. The Kier molecular flexibility index (Phi) is 5.63. The summed E-state index contributed by atoms with van der Waals surface area (Å²) in [5, 5.41) is 19.2. The van der Waals surface area contributed by atoms with Gasteiger partial charge in [-0.25, -0.2) is 8.42 Å². The Labute approximate surface area is 121 Å². The summed E-state index contributed by atoms with van der Waals surface area (Å²) in [6.45, 7) is 2.95. The molecule has 7 nitrogen and oxygen atoms in total. The molecule has 0 aliphatic rings. The predicted octanol–water partition coefficient (Wildman–Crippen LogP) is 1.42. The van der Waals surface area contributed by atoms with Crippen LogP contribution in [0.1, 0.15) is 0 Å². The van der Waals surface area contributed by atoms with E-state index in [0.29, 0.717) is 0 Å². The van der Waals surface area contributed by atoms with Crippen LogP contribution >= 0.6 is 11.6 Å². The molecule has 9 heteroatoms. The van der Waals surface area contributed by atoms with Crippen LogP contribution in [0.2, 0.25) is 5.02 Å². The van der Waals surface area contributed by atoms with Crippen molar-refractivity contribution in [1.29, 1.82) is 0 Å². The first-order valence-corrected chi connectivity index (χ1v) is 7.32. The molecule has 0 heterocycles. The second-order valence-electron chi connectivity index (χ2n) is 3.75. The summed E-state index contributed by atoms with van der Waals surface area (Å²) in [4.78, 5) is 9.67. The molecule has 20 heavy (non-hydrogen) atoms. The van der Waals surface area contributed by atoms with Gasteiger partial charge in [-0.3, -0.25) is 10.1 Å². The van der Waals surface area contributed by atoms with Gasteiger partial charge in [0.15, 0.2) is 0 Å². The zero-order chi connectivity index (χ0) is 15.3. The van der Waals surface area contributed by atoms with Crippen LogP contribution in [0.4, 0.5) is 5.69 Å². The van der Waals surface area contributed by atoms with Crippen molar-refractivity contribution in [3.05, 3.63) is 46.0 Å². The van der Waals surface area contributed by atoms with Crippen LogP contribution in [-0.2, 0) is 10.0 Å². The number of aliphatic hydroxyl groups is 1. The number of sulfonamides is 1. The van der Waals surface area contributed by atoms with Crippen LogP contribution in [0.25, 0.3) is 0 Å². The summed E-state index contributed by atoms with van der Waals surface area (Å²) >= 11 is 5.80. The number of hydrogen-bond donors (Lipinski definition) is 1. The number of aliphatic hydroxyl groups excluding tert-OH is 1. The van der Waals surface area contributed by atoms with E-state index >= 15 is 0 Å². The molecule has 0 amide bonds. The Hall–Kier alpha value is -1.48. The van der Waals surface area contributed by atoms with E-state index in [9.17, 15) is 18.5 Å². The van der Waals surface area contributed by atoms with Gasteiger partial charge in [0.05, 0.1) is 16.6 Å². The molecule has 110 valence electrons. The maximum atomic E-state index is 12.3. The van der Waals surface area contributed by atoms with Crippen LogP contribution < -0.4 is 0 Å². The lowest BCUT2D eigenvalue weighted by Gasteiger charge is -2.20. The highest BCUT2D eigenvalue weighted by Crippen LogP contribution is 2.28. The number of rotatable bonds is 7. The molecule has 0 aliphatic carbocycles. The third-order valence-corrected chi connectivity index (χ3v) is 4.77. The molecular formula is C11H13ClN2O5S. The van der Waals surface area contributed by atoms with Gasteiger partial charge < -0.3 is 5.11 Å². The van der Waals surface area contributed by atoms with Crippen molar-refractivity contribution in [2.45, 2.75) is 4.90 Å². The number of nitrogens with zero attached hydrogens (tertiary/aromatic N) is 2. The third-order valence-electron chi connectivity index (χ3n) is 2.43. The monoisotopic (exact) mass is 320 g/mol. The lowest BCUT2D eigenvalue weighted by molar-refractivity contribution is -0.384. The minimum atomic E-state index is -3.95. The van der Waals surface area contributed by atoms with Gasteiger partial charge in [-0.15, -0.1) is 6.58 Å². The Balaban J connectivity index is 3.26. The highest BCUT2D eigenvalue weighted by atomic mass is 35.5.